The minimum absolute atomic E-state index is 0.0214. The average Bonchev–Trinajstić information content (AvgIpc) is 2.63. The Kier molecular flexibility index (Phi) is 4.76. The van der Waals surface area contributed by atoms with Crippen molar-refractivity contribution in [3.8, 4) is 11.1 Å². The lowest BCUT2D eigenvalue weighted by molar-refractivity contribution is 0.0940. The van der Waals surface area contributed by atoms with Crippen molar-refractivity contribution in [1.82, 2.24) is 5.32 Å². The van der Waals surface area contributed by atoms with Crippen LogP contribution in [0, 0.1) is 6.92 Å². The van der Waals surface area contributed by atoms with Gasteiger partial charge in [-0.25, -0.2) is 0 Å². The molecule has 3 rings (SSSR count). The molecule has 0 spiro atoms. The molecule has 0 saturated carbocycles. The molecule has 2 nitrogen and oxygen atoms in total. The number of rotatable bonds is 4. The minimum Gasteiger partial charge on any atom is -0.346 e. The molecule has 0 unspecified atom stereocenters. The van der Waals surface area contributed by atoms with Gasteiger partial charge in [0.1, 0.15) is 0 Å². The highest BCUT2D eigenvalue weighted by Gasteiger charge is 2.11. The molecule has 1 atom stereocenters. The molecule has 0 aliphatic heterocycles. The number of amides is 1. The quantitative estimate of drug-likeness (QED) is 0.708. The van der Waals surface area contributed by atoms with E-state index >= 15 is 0 Å². The number of carbonyl (C=O) groups is 1. The molecule has 2 heteroatoms. The molecule has 3 aromatic rings. The maximum absolute atomic E-state index is 12.4. The highest BCUT2D eigenvalue weighted by molar-refractivity contribution is 5.94. The Bertz CT molecular complexity index is 805. The fourth-order valence-corrected chi connectivity index (χ4v) is 2.66. The van der Waals surface area contributed by atoms with Crippen molar-refractivity contribution in [2.75, 3.05) is 0 Å². The summed E-state index contributed by atoms with van der Waals surface area (Å²) >= 11 is 0. The van der Waals surface area contributed by atoms with Gasteiger partial charge in [-0.3, -0.25) is 4.79 Å². The van der Waals surface area contributed by atoms with Crippen LogP contribution in [-0.4, -0.2) is 5.91 Å². The van der Waals surface area contributed by atoms with Gasteiger partial charge in [0, 0.05) is 5.56 Å². The summed E-state index contributed by atoms with van der Waals surface area (Å²) in [7, 11) is 0. The standard InChI is InChI=1S/C22H21NO/c1-16-8-10-18(11-9-16)17(2)23-22(24)21-14-12-20(13-15-21)19-6-4-3-5-7-19/h3-15,17H,1-2H3,(H,23,24)/t17-/m1/s1. The van der Waals surface area contributed by atoms with E-state index in [1.54, 1.807) is 0 Å². The molecule has 0 radical (unpaired) electrons. The number of nitrogens with one attached hydrogen (secondary N) is 1. The molecule has 0 saturated heterocycles. The van der Waals surface area contributed by atoms with Gasteiger partial charge in [-0.15, -0.1) is 0 Å². The van der Waals surface area contributed by atoms with Crippen LogP contribution in [0.5, 0.6) is 0 Å². The lowest BCUT2D eigenvalue weighted by Gasteiger charge is -2.15. The normalized spacial score (nSPS) is 11.8. The first-order valence-corrected chi connectivity index (χ1v) is 8.16. The van der Waals surface area contributed by atoms with Crippen molar-refractivity contribution in [3.05, 3.63) is 95.6 Å². The summed E-state index contributed by atoms with van der Waals surface area (Å²) in [5.74, 6) is -0.0531. The Morgan fingerprint density at radius 3 is 2.00 bits per heavy atom. The van der Waals surface area contributed by atoms with E-state index in [0.717, 1.165) is 16.7 Å². The van der Waals surface area contributed by atoms with E-state index < -0.39 is 0 Å². The van der Waals surface area contributed by atoms with E-state index in [-0.39, 0.29) is 11.9 Å². The molecular weight excluding hydrogens is 294 g/mol. The van der Waals surface area contributed by atoms with Crippen LogP contribution in [0.15, 0.2) is 78.9 Å². The van der Waals surface area contributed by atoms with Crippen molar-refractivity contribution >= 4 is 5.91 Å². The van der Waals surface area contributed by atoms with E-state index in [9.17, 15) is 4.79 Å². The average molecular weight is 315 g/mol. The van der Waals surface area contributed by atoms with Crippen LogP contribution in [0.1, 0.15) is 34.5 Å². The lowest BCUT2D eigenvalue weighted by Crippen LogP contribution is -2.26. The van der Waals surface area contributed by atoms with E-state index in [2.05, 4.69) is 48.6 Å². The third-order valence-electron chi connectivity index (χ3n) is 4.18. The van der Waals surface area contributed by atoms with E-state index in [4.69, 9.17) is 0 Å². The Labute approximate surface area is 143 Å². The molecule has 0 aliphatic carbocycles. The Hall–Kier alpha value is -2.87. The summed E-state index contributed by atoms with van der Waals surface area (Å²) in [5.41, 5.74) is 5.26. The van der Waals surface area contributed by atoms with Crippen LogP contribution < -0.4 is 5.32 Å². The molecular formula is C22H21NO. The number of benzene rings is 3. The predicted octanol–water partition coefficient (Wildman–Crippen LogP) is 5.15. The van der Waals surface area contributed by atoms with Crippen LogP contribution in [-0.2, 0) is 0 Å². The Morgan fingerprint density at radius 2 is 1.38 bits per heavy atom. The third-order valence-corrected chi connectivity index (χ3v) is 4.18. The zero-order chi connectivity index (χ0) is 16.9. The second-order valence-corrected chi connectivity index (χ2v) is 6.05. The van der Waals surface area contributed by atoms with Crippen LogP contribution in [0.3, 0.4) is 0 Å². The summed E-state index contributed by atoms with van der Waals surface area (Å²) in [6.07, 6.45) is 0. The van der Waals surface area contributed by atoms with E-state index in [0.29, 0.717) is 5.56 Å². The van der Waals surface area contributed by atoms with Crippen LogP contribution in [0.2, 0.25) is 0 Å². The van der Waals surface area contributed by atoms with Gasteiger partial charge in [-0.1, -0.05) is 72.3 Å². The molecule has 1 N–H and O–H groups in total. The molecule has 0 aliphatic rings. The highest BCUT2D eigenvalue weighted by Crippen LogP contribution is 2.20. The highest BCUT2D eigenvalue weighted by atomic mass is 16.1. The van der Waals surface area contributed by atoms with Crippen molar-refractivity contribution in [3.63, 3.8) is 0 Å². The zero-order valence-corrected chi connectivity index (χ0v) is 14.0. The van der Waals surface area contributed by atoms with Crippen molar-refractivity contribution < 1.29 is 4.79 Å². The summed E-state index contributed by atoms with van der Waals surface area (Å²) in [4.78, 5) is 12.4. The molecule has 0 aromatic heterocycles. The first-order chi connectivity index (χ1) is 11.6. The van der Waals surface area contributed by atoms with Gasteiger partial charge < -0.3 is 5.32 Å². The van der Waals surface area contributed by atoms with Gasteiger partial charge in [-0.2, -0.15) is 0 Å². The van der Waals surface area contributed by atoms with E-state index in [1.165, 1.54) is 5.56 Å². The maximum atomic E-state index is 12.4. The van der Waals surface area contributed by atoms with Gasteiger partial charge in [-0.05, 0) is 42.7 Å². The van der Waals surface area contributed by atoms with Gasteiger partial charge in [0.25, 0.3) is 5.91 Å². The molecule has 1 amide bonds. The molecule has 0 fully saturated rings. The minimum atomic E-state index is -0.0531. The Balaban J connectivity index is 1.70. The van der Waals surface area contributed by atoms with Crippen molar-refractivity contribution in [2.45, 2.75) is 19.9 Å². The lowest BCUT2D eigenvalue weighted by atomic mass is 10.0. The van der Waals surface area contributed by atoms with Gasteiger partial charge in [0.05, 0.1) is 6.04 Å². The van der Waals surface area contributed by atoms with Gasteiger partial charge in [0.2, 0.25) is 0 Å². The van der Waals surface area contributed by atoms with Gasteiger partial charge in [0.15, 0.2) is 0 Å². The summed E-state index contributed by atoms with van der Waals surface area (Å²) in [6, 6.07) is 26.1. The molecule has 0 heterocycles. The molecule has 120 valence electrons. The van der Waals surface area contributed by atoms with Crippen LogP contribution in [0.25, 0.3) is 11.1 Å². The monoisotopic (exact) mass is 315 g/mol. The predicted molar refractivity (Wildman–Crippen MR) is 98.9 cm³/mol. The van der Waals surface area contributed by atoms with Crippen LogP contribution in [0.4, 0.5) is 0 Å². The van der Waals surface area contributed by atoms with E-state index in [1.807, 2.05) is 49.4 Å². The first kappa shape index (κ1) is 16.0. The molecule has 24 heavy (non-hydrogen) atoms. The van der Waals surface area contributed by atoms with Crippen molar-refractivity contribution in [2.24, 2.45) is 0 Å². The molecule has 0 bridgehead atoms. The number of aryl methyl sites for hydroxylation is 1. The molecule has 3 aromatic carbocycles. The number of hydrogen-bond donors (Lipinski definition) is 1. The Morgan fingerprint density at radius 1 is 0.792 bits per heavy atom. The smallest absolute Gasteiger partial charge is 0.251 e. The second kappa shape index (κ2) is 7.14. The fraction of sp³-hybridized carbons (Fsp3) is 0.136. The van der Waals surface area contributed by atoms with Gasteiger partial charge >= 0.3 is 0 Å². The fourth-order valence-electron chi connectivity index (χ4n) is 2.66. The third kappa shape index (κ3) is 3.72. The summed E-state index contributed by atoms with van der Waals surface area (Å²) < 4.78 is 0. The SMILES string of the molecule is Cc1ccc([C@@H](C)NC(=O)c2ccc(-c3ccccc3)cc2)cc1. The summed E-state index contributed by atoms with van der Waals surface area (Å²) in [5, 5.41) is 3.05. The van der Waals surface area contributed by atoms with Crippen molar-refractivity contribution in [1.29, 1.82) is 0 Å². The zero-order valence-electron chi connectivity index (χ0n) is 14.0. The van der Waals surface area contributed by atoms with Crippen LogP contribution >= 0.6 is 0 Å². The first-order valence-electron chi connectivity index (χ1n) is 8.16. The largest absolute Gasteiger partial charge is 0.346 e. The number of hydrogen-bond acceptors (Lipinski definition) is 1. The second-order valence-electron chi connectivity index (χ2n) is 6.05. The summed E-state index contributed by atoms with van der Waals surface area (Å²) in [6.45, 7) is 4.06. The topological polar surface area (TPSA) is 29.1 Å². The maximum Gasteiger partial charge on any atom is 0.251 e. The number of carbonyl (C=O) groups excluding carboxylic acids is 1.